The number of alkyl halides is 2. The van der Waals surface area contributed by atoms with Gasteiger partial charge in [-0.05, 0) is 61.8 Å². The zero-order chi connectivity index (χ0) is 24.8. The van der Waals surface area contributed by atoms with Gasteiger partial charge >= 0.3 is 0 Å². The third-order valence-electron chi connectivity index (χ3n) is 6.55. The lowest BCUT2D eigenvalue weighted by Gasteiger charge is -2.32. The van der Waals surface area contributed by atoms with Gasteiger partial charge in [0, 0.05) is 25.4 Å². The summed E-state index contributed by atoms with van der Waals surface area (Å²) in [5.74, 6) is -2.76. The predicted octanol–water partition coefficient (Wildman–Crippen LogP) is 2.24. The number of benzene rings is 1. The van der Waals surface area contributed by atoms with Crippen molar-refractivity contribution in [1.29, 1.82) is 0 Å². The number of rotatable bonds is 8. The minimum atomic E-state index is -3.10. The number of amides is 1. The second kappa shape index (κ2) is 9.06. The topological polar surface area (TPSA) is 59.4 Å². The molecule has 174 valence electrons. The third kappa shape index (κ3) is 5.19. The first-order valence-corrected chi connectivity index (χ1v) is 11.5. The lowest BCUT2D eigenvalue weighted by atomic mass is 9.52. The maximum Gasteiger partial charge on any atom is 0.286 e. The van der Waals surface area contributed by atoms with Gasteiger partial charge in [-0.15, -0.1) is 0 Å². The molecule has 1 amide bonds. The molecule has 0 unspecified atom stereocenters. The van der Waals surface area contributed by atoms with Gasteiger partial charge in [0.1, 0.15) is 41.5 Å². The van der Waals surface area contributed by atoms with Gasteiger partial charge in [-0.3, -0.25) is 9.48 Å². The number of hydrogen-bond donors (Lipinski definition) is 1. The van der Waals surface area contributed by atoms with Crippen LogP contribution in [0.15, 0.2) is 24.3 Å². The van der Waals surface area contributed by atoms with Crippen molar-refractivity contribution in [3.05, 3.63) is 46.8 Å². The van der Waals surface area contributed by atoms with Gasteiger partial charge in [0.05, 0.1) is 11.7 Å². The first kappa shape index (κ1) is 24.8. The Balaban J connectivity index is 1.63. The van der Waals surface area contributed by atoms with E-state index in [1.165, 1.54) is 6.07 Å². The van der Waals surface area contributed by atoms with E-state index >= 15 is 0 Å². The molecule has 2 atom stereocenters. The lowest BCUT2D eigenvalue weighted by molar-refractivity contribution is -0.133. The van der Waals surface area contributed by atoms with Gasteiger partial charge in [0.2, 0.25) is 5.91 Å². The Morgan fingerprint density at radius 2 is 1.97 bits per heavy atom. The molecule has 0 bridgehead atoms. The largest absolute Gasteiger partial charge is 0.516 e. The van der Waals surface area contributed by atoms with Gasteiger partial charge in [-0.2, -0.15) is 13.9 Å². The Labute approximate surface area is 203 Å². The summed E-state index contributed by atoms with van der Waals surface area (Å²) < 4.78 is 35.2. The zero-order valence-corrected chi connectivity index (χ0v) is 19.7. The highest BCUT2D eigenvalue weighted by Crippen LogP contribution is 2.42. The van der Waals surface area contributed by atoms with Crippen LogP contribution in [0.4, 0.5) is 8.78 Å². The number of carbonyl (C=O) groups excluding carboxylic acids is 1. The molecule has 2 fully saturated rings. The molecule has 34 heavy (non-hydrogen) atoms. The maximum absolute atomic E-state index is 14.3. The van der Waals surface area contributed by atoms with E-state index in [4.69, 9.17) is 28.3 Å². The number of ether oxygens (including phenoxy) is 1. The fraction of sp³-hybridized carbons (Fsp3) is 0.565. The minimum Gasteiger partial charge on any atom is -0.516 e. The third-order valence-corrected chi connectivity index (χ3v) is 6.55. The Kier molecular flexibility index (Phi) is 6.62. The molecule has 1 aliphatic carbocycles. The summed E-state index contributed by atoms with van der Waals surface area (Å²) in [5.41, 5.74) is 1.98. The fourth-order valence-corrected chi connectivity index (χ4v) is 4.72. The van der Waals surface area contributed by atoms with Gasteiger partial charge < -0.3 is 15.0 Å². The average molecular weight is 462 g/mol. The first-order valence-electron chi connectivity index (χ1n) is 11.5. The molecule has 6 nitrogen and oxygen atoms in total. The van der Waals surface area contributed by atoms with Crippen molar-refractivity contribution in [3.8, 4) is 5.75 Å². The van der Waals surface area contributed by atoms with Crippen molar-refractivity contribution in [3.63, 3.8) is 0 Å². The molecular weight excluding hydrogens is 435 g/mol. The predicted molar refractivity (Wildman–Crippen MR) is 127 cm³/mol. The van der Waals surface area contributed by atoms with Gasteiger partial charge in [0.25, 0.3) is 5.92 Å². The highest BCUT2D eigenvalue weighted by Gasteiger charge is 2.40. The fourth-order valence-electron chi connectivity index (χ4n) is 4.72. The van der Waals surface area contributed by atoms with Crippen LogP contribution in [0.5, 0.6) is 5.75 Å². The van der Waals surface area contributed by atoms with E-state index < -0.39 is 11.2 Å². The molecule has 6 radical (unpaired) electrons. The number of halogens is 2. The van der Waals surface area contributed by atoms with Crippen LogP contribution in [0.25, 0.3) is 0 Å². The standard InChI is InChI=1S/C23H27B3F2N4O2/c1-13-15(5-4-6-18(13)34-23(24,25)26)21-16(29-3)9-10-31(21)20(33)12-32-19(22(2,27)28)11-17(30-32)14-7-8-14/h4-6,11,14,16,21,29H,7-10,12H2,1-3H3/t16-,21-/m1/s1. The molecule has 0 spiro atoms. The second-order valence-corrected chi connectivity index (χ2v) is 9.42. The highest BCUT2D eigenvalue weighted by molar-refractivity contribution is 6.58. The van der Waals surface area contributed by atoms with Crippen molar-refractivity contribution < 1.29 is 18.3 Å². The van der Waals surface area contributed by atoms with E-state index in [1.54, 1.807) is 17.0 Å². The summed E-state index contributed by atoms with van der Waals surface area (Å²) in [6.07, 6.45) is 2.57. The number of likely N-dealkylation sites (N-methyl/N-ethyl adjacent to an activating group) is 1. The number of nitrogens with zero attached hydrogens (tertiary/aromatic N) is 3. The molecule has 1 aromatic heterocycles. The van der Waals surface area contributed by atoms with Crippen molar-refractivity contribution in [1.82, 2.24) is 20.0 Å². The zero-order valence-electron chi connectivity index (χ0n) is 19.7. The van der Waals surface area contributed by atoms with Crippen molar-refractivity contribution in [2.24, 2.45) is 0 Å². The summed E-state index contributed by atoms with van der Waals surface area (Å²) in [4.78, 5) is 15.2. The molecule has 4 rings (SSSR count). The van der Waals surface area contributed by atoms with Gasteiger partial charge in [-0.1, -0.05) is 12.1 Å². The summed E-state index contributed by atoms with van der Waals surface area (Å²) in [6.45, 7) is 2.89. The number of aromatic nitrogens is 2. The first-order chi connectivity index (χ1) is 15.9. The highest BCUT2D eigenvalue weighted by atomic mass is 19.3. The Hall–Kier alpha value is -2.29. The summed E-state index contributed by atoms with van der Waals surface area (Å²) in [6, 6.07) is 6.44. The van der Waals surface area contributed by atoms with Gasteiger partial charge in [0.15, 0.2) is 0 Å². The van der Waals surface area contributed by atoms with Crippen LogP contribution in [0.3, 0.4) is 0 Å². The molecule has 1 N–H and O–H groups in total. The van der Waals surface area contributed by atoms with Crippen molar-refractivity contribution in [2.75, 3.05) is 13.6 Å². The quantitative estimate of drug-likeness (QED) is 0.613. The van der Waals surface area contributed by atoms with Crippen LogP contribution in [-0.2, 0) is 17.3 Å². The van der Waals surface area contributed by atoms with E-state index in [0.29, 0.717) is 24.4 Å². The second-order valence-electron chi connectivity index (χ2n) is 9.42. The van der Waals surface area contributed by atoms with E-state index in [-0.39, 0.29) is 36.1 Å². The van der Waals surface area contributed by atoms with Crippen LogP contribution >= 0.6 is 0 Å². The summed E-state index contributed by atoms with van der Waals surface area (Å²) >= 11 is 0. The van der Waals surface area contributed by atoms with Crippen LogP contribution in [-0.4, -0.2) is 69.1 Å². The van der Waals surface area contributed by atoms with E-state index in [0.717, 1.165) is 35.6 Å². The van der Waals surface area contributed by atoms with Crippen LogP contribution in [0.2, 0.25) is 0 Å². The van der Waals surface area contributed by atoms with E-state index in [9.17, 15) is 13.6 Å². The molecule has 1 saturated heterocycles. The molecular formula is C23H27B3F2N4O2. The van der Waals surface area contributed by atoms with E-state index in [2.05, 4.69) is 10.4 Å². The number of hydrogen-bond acceptors (Lipinski definition) is 4. The summed E-state index contributed by atoms with van der Waals surface area (Å²) in [5, 5.41) is 5.79. The average Bonchev–Trinajstić information content (AvgIpc) is 3.34. The maximum atomic E-state index is 14.3. The number of carbonyl (C=O) groups is 1. The lowest BCUT2D eigenvalue weighted by Crippen LogP contribution is -2.40. The SMILES string of the molecule is [B]C([B])([B])Oc1cccc([C@@H]2[C@H](NC)CCN2C(=O)Cn2nc(C3CC3)cc2C(C)(F)F)c1C. The van der Waals surface area contributed by atoms with Gasteiger partial charge in [-0.25, -0.2) is 0 Å². The number of likely N-dealkylation sites (tertiary alicyclic amines) is 1. The van der Waals surface area contributed by atoms with Crippen LogP contribution < -0.4 is 10.1 Å². The Morgan fingerprint density at radius 1 is 1.26 bits per heavy atom. The summed E-state index contributed by atoms with van der Waals surface area (Å²) in [7, 11) is 18.7. The normalized spacial score (nSPS) is 21.1. The molecule has 1 saturated carbocycles. The Bertz CT molecular complexity index is 1060. The molecule has 1 aromatic carbocycles. The molecule has 2 heterocycles. The molecule has 1 aliphatic heterocycles. The van der Waals surface area contributed by atoms with Crippen LogP contribution in [0, 0.1) is 6.92 Å². The Morgan fingerprint density at radius 3 is 2.56 bits per heavy atom. The molecule has 2 aromatic rings. The van der Waals surface area contributed by atoms with E-state index in [1.807, 2.05) is 20.0 Å². The minimum absolute atomic E-state index is 0.0389. The smallest absolute Gasteiger partial charge is 0.286 e. The van der Waals surface area contributed by atoms with Crippen molar-refractivity contribution >= 4 is 29.4 Å². The van der Waals surface area contributed by atoms with Crippen molar-refractivity contribution in [2.45, 2.75) is 68.9 Å². The molecule has 11 heteroatoms. The number of nitrogens with one attached hydrogen (secondary N) is 1. The monoisotopic (exact) mass is 462 g/mol. The molecule has 2 aliphatic rings. The van der Waals surface area contributed by atoms with Crippen LogP contribution in [0.1, 0.15) is 60.7 Å².